The van der Waals surface area contributed by atoms with Gasteiger partial charge in [0.15, 0.2) is 0 Å². The van der Waals surface area contributed by atoms with Gasteiger partial charge in [-0.2, -0.15) is 0 Å². The molecule has 0 unspecified atom stereocenters. The summed E-state index contributed by atoms with van der Waals surface area (Å²) in [4.78, 5) is 16.2. The zero-order valence-electron chi connectivity index (χ0n) is 11.0. The van der Waals surface area contributed by atoms with Crippen LogP contribution >= 0.6 is 0 Å². The summed E-state index contributed by atoms with van der Waals surface area (Å²) in [6, 6.07) is 12.4. The van der Waals surface area contributed by atoms with Gasteiger partial charge in [0.25, 0.3) is 0 Å². The smallest absolute Gasteiger partial charge is 0.358 e. The van der Waals surface area contributed by atoms with E-state index in [1.807, 2.05) is 25.1 Å². The molecular weight excluding hydrogens is 254 g/mol. The molecule has 0 atom stereocenters. The maximum atomic E-state index is 11.9. The summed E-state index contributed by atoms with van der Waals surface area (Å²) in [7, 11) is 0. The Kier molecular flexibility index (Phi) is 2.99. The molecule has 4 nitrogen and oxygen atoms in total. The van der Waals surface area contributed by atoms with Crippen LogP contribution in [0.5, 0.6) is 11.5 Å². The first-order chi connectivity index (χ1) is 9.63. The van der Waals surface area contributed by atoms with Gasteiger partial charge in [-0.05, 0) is 30.7 Å². The van der Waals surface area contributed by atoms with Gasteiger partial charge in [0.2, 0.25) is 0 Å². The Labute approximate surface area is 116 Å². The summed E-state index contributed by atoms with van der Waals surface area (Å²) in [5, 5.41) is 9.79. The number of esters is 1. The van der Waals surface area contributed by atoms with Crippen molar-refractivity contribution in [3.8, 4) is 11.5 Å². The van der Waals surface area contributed by atoms with Crippen LogP contribution in [0.25, 0.3) is 0 Å². The van der Waals surface area contributed by atoms with E-state index < -0.39 is 5.97 Å². The molecule has 4 heteroatoms. The molecule has 0 spiro atoms. The Bertz CT molecular complexity index is 719. The molecule has 100 valence electrons. The largest absolute Gasteiger partial charge is 0.506 e. The standard InChI is InChI=1S/C16H13NO3/c1-10-6-7-14(18)12(8-10)17-13-9-11-4-2-3-5-15(11)20-16(13)19/h2-8,18H,9H2,1H3. The second kappa shape index (κ2) is 4.81. The topological polar surface area (TPSA) is 58.9 Å². The molecule has 2 aromatic carbocycles. The molecule has 0 bridgehead atoms. The van der Waals surface area contributed by atoms with E-state index in [0.29, 0.717) is 23.6 Å². The third-order valence-corrected chi connectivity index (χ3v) is 3.16. The highest BCUT2D eigenvalue weighted by atomic mass is 16.5. The van der Waals surface area contributed by atoms with Gasteiger partial charge in [0.1, 0.15) is 22.9 Å². The van der Waals surface area contributed by atoms with Crippen molar-refractivity contribution in [3.63, 3.8) is 0 Å². The van der Waals surface area contributed by atoms with E-state index >= 15 is 0 Å². The fourth-order valence-corrected chi connectivity index (χ4v) is 2.11. The van der Waals surface area contributed by atoms with Gasteiger partial charge in [-0.1, -0.05) is 24.3 Å². The van der Waals surface area contributed by atoms with Gasteiger partial charge in [-0.3, -0.25) is 0 Å². The average molecular weight is 267 g/mol. The fraction of sp³-hybridized carbons (Fsp3) is 0.125. The third kappa shape index (κ3) is 2.28. The molecule has 0 aliphatic carbocycles. The number of benzene rings is 2. The Morgan fingerprint density at radius 2 is 2.00 bits per heavy atom. The minimum absolute atomic E-state index is 0.0507. The number of aryl methyl sites for hydroxylation is 1. The Morgan fingerprint density at radius 1 is 1.20 bits per heavy atom. The second-order valence-electron chi connectivity index (χ2n) is 4.72. The Balaban J connectivity index is 2.01. The third-order valence-electron chi connectivity index (χ3n) is 3.16. The summed E-state index contributed by atoms with van der Waals surface area (Å²) in [5.41, 5.74) is 2.56. The first-order valence-corrected chi connectivity index (χ1v) is 6.31. The van der Waals surface area contributed by atoms with Gasteiger partial charge in [0.05, 0.1) is 0 Å². The monoisotopic (exact) mass is 267 g/mol. The molecule has 1 aliphatic rings. The van der Waals surface area contributed by atoms with Gasteiger partial charge in [-0.25, -0.2) is 9.79 Å². The first kappa shape index (κ1) is 12.4. The van der Waals surface area contributed by atoms with Crippen LogP contribution in [-0.2, 0) is 11.2 Å². The molecule has 1 N–H and O–H groups in total. The molecule has 3 rings (SSSR count). The Hall–Kier alpha value is -2.62. The highest BCUT2D eigenvalue weighted by Gasteiger charge is 2.23. The maximum absolute atomic E-state index is 11.9. The van der Waals surface area contributed by atoms with Crippen molar-refractivity contribution < 1.29 is 14.6 Å². The van der Waals surface area contributed by atoms with Crippen molar-refractivity contribution in [2.45, 2.75) is 13.3 Å². The van der Waals surface area contributed by atoms with Crippen molar-refractivity contribution in [2.24, 2.45) is 4.99 Å². The Morgan fingerprint density at radius 3 is 2.85 bits per heavy atom. The number of hydrogen-bond acceptors (Lipinski definition) is 4. The summed E-state index contributed by atoms with van der Waals surface area (Å²) in [6.07, 6.45) is 0.405. The van der Waals surface area contributed by atoms with Crippen LogP contribution in [0.2, 0.25) is 0 Å². The number of phenolic OH excluding ortho intramolecular Hbond substituents is 1. The molecule has 1 heterocycles. The van der Waals surface area contributed by atoms with Crippen LogP contribution in [0.1, 0.15) is 11.1 Å². The number of aromatic hydroxyl groups is 1. The molecule has 0 aromatic heterocycles. The molecule has 0 saturated heterocycles. The number of carbonyl (C=O) groups is 1. The van der Waals surface area contributed by atoms with Crippen LogP contribution in [-0.4, -0.2) is 16.8 Å². The highest BCUT2D eigenvalue weighted by molar-refractivity contribution is 6.39. The van der Waals surface area contributed by atoms with E-state index in [1.54, 1.807) is 24.3 Å². The number of carbonyl (C=O) groups excluding carboxylic acids is 1. The maximum Gasteiger partial charge on any atom is 0.358 e. The van der Waals surface area contributed by atoms with E-state index in [4.69, 9.17) is 4.74 Å². The molecule has 0 amide bonds. The van der Waals surface area contributed by atoms with Crippen LogP contribution in [0, 0.1) is 6.92 Å². The predicted molar refractivity (Wildman–Crippen MR) is 75.7 cm³/mol. The predicted octanol–water partition coefficient (Wildman–Crippen LogP) is 2.93. The van der Waals surface area contributed by atoms with Gasteiger partial charge in [0, 0.05) is 12.0 Å². The number of nitrogens with zero attached hydrogens (tertiary/aromatic N) is 1. The number of para-hydroxylation sites is 1. The van der Waals surface area contributed by atoms with Crippen molar-refractivity contribution in [1.82, 2.24) is 0 Å². The number of hydrogen-bond donors (Lipinski definition) is 1. The molecular formula is C16H13NO3. The van der Waals surface area contributed by atoms with Crippen LogP contribution < -0.4 is 4.74 Å². The SMILES string of the molecule is Cc1ccc(O)c(N=C2Cc3ccccc3OC2=O)c1. The summed E-state index contributed by atoms with van der Waals surface area (Å²) in [6.45, 7) is 1.90. The number of aliphatic imine (C=N–C) groups is 1. The average Bonchev–Trinajstić information content (AvgIpc) is 2.43. The second-order valence-corrected chi connectivity index (χ2v) is 4.72. The quantitative estimate of drug-likeness (QED) is 0.638. The lowest BCUT2D eigenvalue weighted by molar-refractivity contribution is -0.127. The van der Waals surface area contributed by atoms with Gasteiger partial charge in [-0.15, -0.1) is 0 Å². The van der Waals surface area contributed by atoms with Gasteiger partial charge < -0.3 is 9.84 Å². The van der Waals surface area contributed by atoms with E-state index in [1.165, 1.54) is 0 Å². The van der Waals surface area contributed by atoms with Crippen LogP contribution in [0.4, 0.5) is 5.69 Å². The normalized spacial score (nSPS) is 15.8. The number of ether oxygens (including phenoxy) is 1. The molecule has 2 aromatic rings. The number of fused-ring (bicyclic) bond motifs is 1. The van der Waals surface area contributed by atoms with Crippen molar-refractivity contribution in [1.29, 1.82) is 0 Å². The zero-order valence-corrected chi connectivity index (χ0v) is 11.0. The van der Waals surface area contributed by atoms with Crippen LogP contribution in [0.15, 0.2) is 47.5 Å². The lowest BCUT2D eigenvalue weighted by atomic mass is 10.0. The highest BCUT2D eigenvalue weighted by Crippen LogP contribution is 2.29. The minimum atomic E-state index is -0.468. The lowest BCUT2D eigenvalue weighted by Gasteiger charge is -2.16. The summed E-state index contributed by atoms with van der Waals surface area (Å²) >= 11 is 0. The van der Waals surface area contributed by atoms with E-state index in [9.17, 15) is 9.90 Å². The first-order valence-electron chi connectivity index (χ1n) is 6.31. The zero-order chi connectivity index (χ0) is 14.1. The van der Waals surface area contributed by atoms with Gasteiger partial charge >= 0.3 is 5.97 Å². The fourth-order valence-electron chi connectivity index (χ4n) is 2.11. The van der Waals surface area contributed by atoms with Crippen molar-refractivity contribution in [2.75, 3.05) is 0 Å². The van der Waals surface area contributed by atoms with E-state index in [0.717, 1.165) is 11.1 Å². The summed E-state index contributed by atoms with van der Waals surface area (Å²) in [5.74, 6) is 0.157. The molecule has 1 aliphatic heterocycles. The van der Waals surface area contributed by atoms with Crippen molar-refractivity contribution >= 4 is 17.4 Å². The van der Waals surface area contributed by atoms with E-state index in [-0.39, 0.29) is 5.75 Å². The van der Waals surface area contributed by atoms with Crippen LogP contribution in [0.3, 0.4) is 0 Å². The van der Waals surface area contributed by atoms with Crippen molar-refractivity contribution in [3.05, 3.63) is 53.6 Å². The summed E-state index contributed by atoms with van der Waals surface area (Å²) < 4.78 is 5.24. The van der Waals surface area contributed by atoms with E-state index in [2.05, 4.69) is 4.99 Å². The molecule has 20 heavy (non-hydrogen) atoms. The molecule has 0 radical (unpaired) electrons. The molecule has 0 fully saturated rings. The molecule has 0 saturated carbocycles. The lowest BCUT2D eigenvalue weighted by Crippen LogP contribution is -2.27. The number of phenols is 1. The minimum Gasteiger partial charge on any atom is -0.506 e. The number of rotatable bonds is 1.